The summed E-state index contributed by atoms with van der Waals surface area (Å²) in [7, 11) is 0. The van der Waals surface area contributed by atoms with E-state index in [1.54, 1.807) is 0 Å². The maximum atomic E-state index is 5.76. The lowest BCUT2D eigenvalue weighted by Gasteiger charge is -2.03. The van der Waals surface area contributed by atoms with E-state index in [0.717, 1.165) is 29.8 Å². The second-order valence-electron chi connectivity index (χ2n) is 5.02. The molecule has 1 aromatic carbocycles. The van der Waals surface area contributed by atoms with Crippen LogP contribution in [0.15, 0.2) is 28.7 Å². The molecular weight excluding hydrogens is 210 g/mol. The van der Waals surface area contributed by atoms with E-state index in [9.17, 15) is 0 Å². The topological polar surface area (TPSA) is 25.2 Å². The van der Waals surface area contributed by atoms with Gasteiger partial charge in [0.1, 0.15) is 11.3 Å². The van der Waals surface area contributed by atoms with Gasteiger partial charge in [-0.25, -0.2) is 0 Å². The molecule has 3 rings (SSSR count). The van der Waals surface area contributed by atoms with Crippen LogP contribution in [0.4, 0.5) is 0 Å². The zero-order valence-corrected chi connectivity index (χ0v) is 10.5. The number of hydrogen-bond donors (Lipinski definition) is 1. The van der Waals surface area contributed by atoms with Crippen LogP contribution in [0.5, 0.6) is 0 Å². The molecule has 2 nitrogen and oxygen atoms in total. The molecule has 1 aliphatic rings. The van der Waals surface area contributed by atoms with Crippen LogP contribution in [0.3, 0.4) is 0 Å². The minimum Gasteiger partial charge on any atom is -0.461 e. The Morgan fingerprint density at radius 3 is 2.94 bits per heavy atom. The molecule has 90 valence electrons. The van der Waals surface area contributed by atoms with E-state index < -0.39 is 0 Å². The van der Waals surface area contributed by atoms with Crippen molar-refractivity contribution < 1.29 is 4.42 Å². The molecule has 0 aliphatic heterocycles. The van der Waals surface area contributed by atoms with Gasteiger partial charge in [-0.2, -0.15) is 0 Å². The summed E-state index contributed by atoms with van der Waals surface area (Å²) in [5.41, 5.74) is 2.33. The average molecular weight is 229 g/mol. The predicted molar refractivity (Wildman–Crippen MR) is 70.0 cm³/mol. The zero-order valence-electron chi connectivity index (χ0n) is 10.5. The Morgan fingerprint density at radius 2 is 2.18 bits per heavy atom. The zero-order chi connectivity index (χ0) is 11.8. The lowest BCUT2D eigenvalue weighted by molar-refractivity contribution is 0.560. The van der Waals surface area contributed by atoms with Gasteiger partial charge in [0.15, 0.2) is 0 Å². The minimum atomic E-state index is 0.730. The fourth-order valence-corrected chi connectivity index (χ4v) is 2.62. The van der Waals surface area contributed by atoms with Crippen molar-refractivity contribution >= 4 is 11.0 Å². The normalized spacial score (nSPS) is 23.2. The quantitative estimate of drug-likeness (QED) is 0.866. The highest BCUT2D eigenvalue weighted by molar-refractivity contribution is 5.82. The number of para-hydroxylation sites is 1. The molecule has 0 spiro atoms. The van der Waals surface area contributed by atoms with Crippen molar-refractivity contribution in [2.24, 2.45) is 5.92 Å². The van der Waals surface area contributed by atoms with E-state index in [1.807, 2.05) is 12.1 Å². The highest BCUT2D eigenvalue weighted by Crippen LogP contribution is 2.34. The Morgan fingerprint density at radius 1 is 1.35 bits per heavy atom. The third-order valence-electron chi connectivity index (χ3n) is 3.89. The molecule has 2 atom stereocenters. The maximum absolute atomic E-state index is 5.76. The fraction of sp³-hybridized carbons (Fsp3) is 0.467. The summed E-state index contributed by atoms with van der Waals surface area (Å²) in [5.74, 6) is 1.95. The first-order chi connectivity index (χ1) is 8.29. The van der Waals surface area contributed by atoms with Crippen molar-refractivity contribution in [3.8, 4) is 0 Å². The molecule has 1 N–H and O–H groups in total. The van der Waals surface area contributed by atoms with Crippen LogP contribution >= 0.6 is 0 Å². The summed E-state index contributed by atoms with van der Waals surface area (Å²) in [6.07, 6.45) is 2.63. The van der Waals surface area contributed by atoms with Gasteiger partial charge in [0, 0.05) is 23.5 Å². The fourth-order valence-electron chi connectivity index (χ4n) is 2.62. The van der Waals surface area contributed by atoms with Crippen LogP contribution in [0.2, 0.25) is 0 Å². The molecule has 1 fully saturated rings. The monoisotopic (exact) mass is 229 g/mol. The highest BCUT2D eigenvalue weighted by atomic mass is 16.3. The summed E-state index contributed by atoms with van der Waals surface area (Å²) >= 11 is 0. The highest BCUT2D eigenvalue weighted by Gasteiger charge is 2.34. The first-order valence-corrected chi connectivity index (χ1v) is 6.50. The SMILES string of the molecule is CCC1CC1NCc1c(C)oc2ccccc12. The van der Waals surface area contributed by atoms with Crippen molar-refractivity contribution in [1.29, 1.82) is 0 Å². The summed E-state index contributed by atoms with van der Waals surface area (Å²) in [6.45, 7) is 5.26. The smallest absolute Gasteiger partial charge is 0.134 e. The van der Waals surface area contributed by atoms with Gasteiger partial charge in [0.2, 0.25) is 0 Å². The summed E-state index contributed by atoms with van der Waals surface area (Å²) in [6, 6.07) is 9.02. The number of furan rings is 1. The first-order valence-electron chi connectivity index (χ1n) is 6.50. The van der Waals surface area contributed by atoms with Crippen molar-refractivity contribution in [2.75, 3.05) is 0 Å². The second kappa shape index (κ2) is 4.19. The minimum absolute atomic E-state index is 0.730. The molecule has 0 amide bonds. The molecule has 17 heavy (non-hydrogen) atoms. The van der Waals surface area contributed by atoms with Gasteiger partial charge in [0.25, 0.3) is 0 Å². The number of benzene rings is 1. The molecule has 1 aromatic heterocycles. The van der Waals surface area contributed by atoms with Gasteiger partial charge in [-0.15, -0.1) is 0 Å². The number of aryl methyl sites for hydroxylation is 1. The van der Waals surface area contributed by atoms with E-state index in [2.05, 4.69) is 31.3 Å². The molecular formula is C15H19NO. The standard InChI is InChI=1S/C15H19NO/c1-3-11-8-14(11)16-9-13-10(2)17-15-7-5-4-6-12(13)15/h4-7,11,14,16H,3,8-9H2,1-2H3. The van der Waals surface area contributed by atoms with Gasteiger partial charge in [0.05, 0.1) is 0 Å². The lowest BCUT2D eigenvalue weighted by atomic mass is 10.1. The molecule has 2 unspecified atom stereocenters. The number of rotatable bonds is 4. The molecule has 1 saturated carbocycles. The molecule has 0 saturated heterocycles. The summed E-state index contributed by atoms with van der Waals surface area (Å²) < 4.78 is 5.76. The molecule has 2 heteroatoms. The van der Waals surface area contributed by atoms with Gasteiger partial charge in [-0.3, -0.25) is 0 Å². The average Bonchev–Trinajstić information content (AvgIpc) is 3.03. The molecule has 0 radical (unpaired) electrons. The molecule has 1 heterocycles. The predicted octanol–water partition coefficient (Wildman–Crippen LogP) is 3.63. The second-order valence-corrected chi connectivity index (χ2v) is 5.02. The lowest BCUT2D eigenvalue weighted by Crippen LogP contribution is -2.17. The Bertz CT molecular complexity index is 529. The van der Waals surface area contributed by atoms with Gasteiger partial charge >= 0.3 is 0 Å². The van der Waals surface area contributed by atoms with Crippen LogP contribution < -0.4 is 5.32 Å². The van der Waals surface area contributed by atoms with Gasteiger partial charge in [-0.05, 0) is 25.3 Å². The molecule has 2 aromatic rings. The Balaban J connectivity index is 1.78. The van der Waals surface area contributed by atoms with Crippen molar-refractivity contribution in [3.05, 3.63) is 35.6 Å². The number of nitrogens with one attached hydrogen (secondary N) is 1. The Kier molecular flexibility index (Phi) is 2.67. The van der Waals surface area contributed by atoms with Crippen LogP contribution in [-0.2, 0) is 6.54 Å². The van der Waals surface area contributed by atoms with E-state index >= 15 is 0 Å². The molecule has 1 aliphatic carbocycles. The third-order valence-corrected chi connectivity index (χ3v) is 3.89. The van der Waals surface area contributed by atoms with Crippen molar-refractivity contribution in [1.82, 2.24) is 5.32 Å². The van der Waals surface area contributed by atoms with Crippen molar-refractivity contribution in [3.63, 3.8) is 0 Å². The van der Waals surface area contributed by atoms with E-state index in [4.69, 9.17) is 4.42 Å². The molecule has 0 bridgehead atoms. The summed E-state index contributed by atoms with van der Waals surface area (Å²) in [5, 5.41) is 4.89. The Labute approximate surface area is 102 Å². The van der Waals surface area contributed by atoms with Crippen LogP contribution in [0.1, 0.15) is 31.1 Å². The maximum Gasteiger partial charge on any atom is 0.134 e. The first kappa shape index (κ1) is 10.8. The van der Waals surface area contributed by atoms with Gasteiger partial charge in [-0.1, -0.05) is 31.5 Å². The summed E-state index contributed by atoms with van der Waals surface area (Å²) in [4.78, 5) is 0. The number of fused-ring (bicyclic) bond motifs is 1. The largest absolute Gasteiger partial charge is 0.461 e. The van der Waals surface area contributed by atoms with E-state index in [0.29, 0.717) is 0 Å². The van der Waals surface area contributed by atoms with Gasteiger partial charge < -0.3 is 9.73 Å². The van der Waals surface area contributed by atoms with Crippen molar-refractivity contribution in [2.45, 2.75) is 39.3 Å². The van der Waals surface area contributed by atoms with Crippen LogP contribution in [0, 0.1) is 12.8 Å². The third kappa shape index (κ3) is 1.98. The van der Waals surface area contributed by atoms with Crippen LogP contribution in [0.25, 0.3) is 11.0 Å². The van der Waals surface area contributed by atoms with E-state index in [1.165, 1.54) is 23.8 Å². The number of hydrogen-bond acceptors (Lipinski definition) is 2. The Hall–Kier alpha value is -1.28. The van der Waals surface area contributed by atoms with E-state index in [-0.39, 0.29) is 0 Å². The van der Waals surface area contributed by atoms with Crippen LogP contribution in [-0.4, -0.2) is 6.04 Å².